The summed E-state index contributed by atoms with van der Waals surface area (Å²) in [6.45, 7) is 3.61. The Labute approximate surface area is 196 Å². The zero-order chi connectivity index (χ0) is 22.8. The van der Waals surface area contributed by atoms with E-state index < -0.39 is 0 Å². The van der Waals surface area contributed by atoms with Crippen LogP contribution in [0.2, 0.25) is 0 Å². The quantitative estimate of drug-likeness (QED) is 0.420. The lowest BCUT2D eigenvalue weighted by Crippen LogP contribution is -2.44. The van der Waals surface area contributed by atoms with Crippen LogP contribution in [0, 0.1) is 11.7 Å². The van der Waals surface area contributed by atoms with Crippen molar-refractivity contribution in [1.82, 2.24) is 15.3 Å². The fourth-order valence-electron chi connectivity index (χ4n) is 4.66. The van der Waals surface area contributed by atoms with Gasteiger partial charge >= 0.3 is 0 Å². The summed E-state index contributed by atoms with van der Waals surface area (Å²) >= 11 is 1.53. The van der Waals surface area contributed by atoms with Gasteiger partial charge in [0.1, 0.15) is 18.0 Å². The number of thiophene rings is 1. The molecule has 170 valence electrons. The average Bonchev–Trinajstić information content (AvgIpc) is 3.24. The Kier molecular flexibility index (Phi) is 6.22. The lowest BCUT2D eigenvalue weighted by atomic mass is 9.94. The average molecular weight is 463 g/mol. The first kappa shape index (κ1) is 21.8. The van der Waals surface area contributed by atoms with Gasteiger partial charge in [-0.3, -0.25) is 4.79 Å². The van der Waals surface area contributed by atoms with E-state index in [0.717, 1.165) is 54.0 Å². The van der Waals surface area contributed by atoms with Gasteiger partial charge in [-0.1, -0.05) is 43.3 Å². The normalized spacial score (nSPS) is 15.8. The third-order valence-electron chi connectivity index (χ3n) is 6.54. The number of amides is 1. The van der Waals surface area contributed by atoms with Crippen molar-refractivity contribution in [3.05, 3.63) is 66.2 Å². The fourth-order valence-corrected chi connectivity index (χ4v) is 5.85. The molecule has 4 aromatic rings. The van der Waals surface area contributed by atoms with Crippen molar-refractivity contribution >= 4 is 43.4 Å². The lowest BCUT2D eigenvalue weighted by molar-refractivity contribution is -0.126. The molecule has 0 aliphatic carbocycles. The maximum Gasteiger partial charge on any atom is 0.223 e. The Hall–Kier alpha value is -3.06. The van der Waals surface area contributed by atoms with Gasteiger partial charge in [-0.05, 0) is 43.4 Å². The largest absolute Gasteiger partial charge is 0.355 e. The second-order valence-electron chi connectivity index (χ2n) is 8.65. The van der Waals surface area contributed by atoms with Gasteiger partial charge in [0.25, 0.3) is 0 Å². The molecule has 1 saturated heterocycles. The summed E-state index contributed by atoms with van der Waals surface area (Å²) in [5.74, 6) is 0.743. The highest BCUT2D eigenvalue weighted by Gasteiger charge is 2.28. The van der Waals surface area contributed by atoms with Crippen LogP contribution in [0.4, 0.5) is 10.2 Å². The molecule has 1 atom stereocenters. The Morgan fingerprint density at radius 1 is 1.15 bits per heavy atom. The van der Waals surface area contributed by atoms with Gasteiger partial charge in [0.15, 0.2) is 0 Å². The third-order valence-corrected chi connectivity index (χ3v) is 7.68. The van der Waals surface area contributed by atoms with Crippen LogP contribution in [0.25, 0.3) is 20.3 Å². The van der Waals surface area contributed by atoms with E-state index in [1.165, 1.54) is 29.3 Å². The summed E-state index contributed by atoms with van der Waals surface area (Å²) in [5.41, 5.74) is 1.91. The highest BCUT2D eigenvalue weighted by Crippen LogP contribution is 2.39. The van der Waals surface area contributed by atoms with Crippen molar-refractivity contribution in [2.45, 2.75) is 38.6 Å². The van der Waals surface area contributed by atoms with E-state index in [9.17, 15) is 9.18 Å². The lowest BCUT2D eigenvalue weighted by Gasteiger charge is -2.33. The summed E-state index contributed by atoms with van der Waals surface area (Å²) in [7, 11) is 0. The van der Waals surface area contributed by atoms with Crippen LogP contribution in [0.1, 0.15) is 31.7 Å². The van der Waals surface area contributed by atoms with Gasteiger partial charge in [-0.15, -0.1) is 11.3 Å². The first-order valence-corrected chi connectivity index (χ1v) is 12.4. The minimum atomic E-state index is -0.250. The number of aromatic nitrogens is 2. The number of rotatable bonds is 6. The standard InChI is InChI=1S/C26H27FN4OS/c1-2-19(15-17-7-4-3-5-8-17)30-26(32)18-11-13-31(14-12-18)25-24-23(28-16-29-25)22-20(27)9-6-10-21(22)33-24/h3-10,16,18-19H,2,11-15H2,1H3,(H,30,32)/t19-/m0/s1. The van der Waals surface area contributed by atoms with E-state index in [1.807, 2.05) is 24.3 Å². The minimum Gasteiger partial charge on any atom is -0.355 e. The highest BCUT2D eigenvalue weighted by atomic mass is 32.1. The Bertz CT molecular complexity index is 1270. The van der Waals surface area contributed by atoms with Crippen LogP contribution >= 0.6 is 11.3 Å². The van der Waals surface area contributed by atoms with Crippen LogP contribution in [-0.4, -0.2) is 35.0 Å². The van der Waals surface area contributed by atoms with Gasteiger partial charge in [-0.2, -0.15) is 0 Å². The molecule has 0 spiro atoms. The second kappa shape index (κ2) is 9.43. The molecule has 0 radical (unpaired) electrons. The van der Waals surface area contributed by atoms with Gasteiger partial charge < -0.3 is 10.2 Å². The number of nitrogens with one attached hydrogen (secondary N) is 1. The number of benzene rings is 2. The SMILES string of the molecule is CC[C@@H](Cc1ccccc1)NC(=O)C1CCN(c2ncnc3c2sc2cccc(F)c23)CC1. The molecule has 7 heteroatoms. The van der Waals surface area contributed by atoms with Crippen LogP contribution < -0.4 is 10.2 Å². The molecule has 1 aliphatic heterocycles. The molecule has 2 aromatic heterocycles. The van der Waals surface area contributed by atoms with Crippen molar-refractivity contribution in [3.8, 4) is 0 Å². The summed E-state index contributed by atoms with van der Waals surface area (Å²) in [5, 5.41) is 3.84. The monoisotopic (exact) mass is 462 g/mol. The highest BCUT2D eigenvalue weighted by molar-refractivity contribution is 7.26. The number of hydrogen-bond acceptors (Lipinski definition) is 5. The third kappa shape index (κ3) is 4.42. The van der Waals surface area contributed by atoms with Gasteiger partial charge in [-0.25, -0.2) is 14.4 Å². The van der Waals surface area contributed by atoms with Crippen molar-refractivity contribution in [3.63, 3.8) is 0 Å². The number of carbonyl (C=O) groups excluding carboxylic acids is 1. The zero-order valence-corrected chi connectivity index (χ0v) is 19.4. The molecule has 0 unspecified atom stereocenters. The molecule has 5 rings (SSSR count). The Morgan fingerprint density at radius 3 is 2.70 bits per heavy atom. The molecule has 2 aromatic carbocycles. The van der Waals surface area contributed by atoms with Crippen molar-refractivity contribution in [1.29, 1.82) is 0 Å². The number of halogens is 1. The molecule has 5 nitrogen and oxygen atoms in total. The Balaban J connectivity index is 1.26. The molecule has 33 heavy (non-hydrogen) atoms. The van der Waals surface area contributed by atoms with E-state index in [-0.39, 0.29) is 23.7 Å². The molecular weight excluding hydrogens is 435 g/mol. The number of anilines is 1. The summed E-state index contributed by atoms with van der Waals surface area (Å²) in [6, 6.07) is 15.6. The maximum atomic E-state index is 14.4. The van der Waals surface area contributed by atoms with E-state index in [0.29, 0.717) is 10.9 Å². The predicted octanol–water partition coefficient (Wildman–Crippen LogP) is 5.34. The summed E-state index contributed by atoms with van der Waals surface area (Å²) in [6.07, 6.45) is 4.82. The van der Waals surface area contributed by atoms with Gasteiger partial charge in [0.05, 0.1) is 15.6 Å². The first-order chi connectivity index (χ1) is 16.1. The van der Waals surface area contributed by atoms with Crippen LogP contribution in [0.5, 0.6) is 0 Å². The number of fused-ring (bicyclic) bond motifs is 3. The Morgan fingerprint density at radius 2 is 1.94 bits per heavy atom. The molecule has 3 heterocycles. The minimum absolute atomic E-state index is 0.00301. The molecule has 1 aliphatic rings. The smallest absolute Gasteiger partial charge is 0.223 e. The summed E-state index contributed by atoms with van der Waals surface area (Å²) in [4.78, 5) is 24.1. The second-order valence-corrected chi connectivity index (χ2v) is 9.71. The van der Waals surface area contributed by atoms with Crippen LogP contribution in [-0.2, 0) is 11.2 Å². The molecule has 0 saturated carbocycles. The first-order valence-electron chi connectivity index (χ1n) is 11.5. The fraction of sp³-hybridized carbons (Fsp3) is 0.346. The molecule has 1 amide bonds. The molecular formula is C26H27FN4OS. The molecule has 1 N–H and O–H groups in total. The maximum absolute atomic E-state index is 14.4. The van der Waals surface area contributed by atoms with Crippen molar-refractivity contribution in [2.24, 2.45) is 5.92 Å². The number of nitrogens with zero attached hydrogens (tertiary/aromatic N) is 3. The molecule has 1 fully saturated rings. The van der Waals surface area contributed by atoms with Crippen LogP contribution in [0.3, 0.4) is 0 Å². The van der Waals surface area contributed by atoms with Gasteiger partial charge in [0.2, 0.25) is 5.91 Å². The molecule has 0 bridgehead atoms. The topological polar surface area (TPSA) is 58.1 Å². The van der Waals surface area contributed by atoms with E-state index in [1.54, 1.807) is 6.07 Å². The summed E-state index contributed by atoms with van der Waals surface area (Å²) < 4.78 is 16.2. The number of piperidine rings is 1. The van der Waals surface area contributed by atoms with E-state index in [4.69, 9.17) is 0 Å². The van der Waals surface area contributed by atoms with Crippen molar-refractivity contribution < 1.29 is 9.18 Å². The zero-order valence-electron chi connectivity index (χ0n) is 18.6. The number of carbonyl (C=O) groups is 1. The van der Waals surface area contributed by atoms with E-state index >= 15 is 0 Å². The van der Waals surface area contributed by atoms with Gasteiger partial charge in [0, 0.05) is 29.7 Å². The number of hydrogen-bond donors (Lipinski definition) is 1. The van der Waals surface area contributed by atoms with Crippen molar-refractivity contribution in [2.75, 3.05) is 18.0 Å². The predicted molar refractivity (Wildman–Crippen MR) is 132 cm³/mol. The van der Waals surface area contributed by atoms with Crippen LogP contribution in [0.15, 0.2) is 54.9 Å². The van der Waals surface area contributed by atoms with E-state index in [2.05, 4.69) is 39.2 Å².